The predicted octanol–water partition coefficient (Wildman–Crippen LogP) is 3.24. The highest BCUT2D eigenvalue weighted by molar-refractivity contribution is 14.0. The van der Waals surface area contributed by atoms with Gasteiger partial charge >= 0.3 is 0 Å². The van der Waals surface area contributed by atoms with E-state index in [1.807, 2.05) is 0 Å². The molecule has 0 amide bonds. The van der Waals surface area contributed by atoms with E-state index >= 15 is 0 Å². The Morgan fingerprint density at radius 3 is 2.80 bits per heavy atom. The van der Waals surface area contributed by atoms with E-state index in [2.05, 4.69) is 62.7 Å². The third kappa shape index (κ3) is 6.29. The molecule has 0 spiro atoms. The molecular formula is C18H28BrIN4O. The van der Waals surface area contributed by atoms with Crippen LogP contribution in [0.2, 0.25) is 0 Å². The highest BCUT2D eigenvalue weighted by atomic mass is 127. The molecule has 140 valence electrons. The summed E-state index contributed by atoms with van der Waals surface area (Å²) in [6, 6.07) is 8.99. The second-order valence-corrected chi connectivity index (χ2v) is 7.42. The van der Waals surface area contributed by atoms with Gasteiger partial charge in [-0.2, -0.15) is 0 Å². The minimum atomic E-state index is 0. The van der Waals surface area contributed by atoms with Crippen molar-refractivity contribution in [2.75, 3.05) is 44.3 Å². The Morgan fingerprint density at radius 2 is 2.12 bits per heavy atom. The van der Waals surface area contributed by atoms with Crippen LogP contribution in [-0.4, -0.2) is 51.4 Å². The van der Waals surface area contributed by atoms with Gasteiger partial charge in [-0.3, -0.25) is 4.99 Å². The zero-order valence-corrected chi connectivity index (χ0v) is 18.6. The van der Waals surface area contributed by atoms with Crippen molar-refractivity contribution in [3.63, 3.8) is 0 Å². The van der Waals surface area contributed by atoms with Gasteiger partial charge in [0.2, 0.25) is 0 Å². The number of rotatable bonds is 5. The van der Waals surface area contributed by atoms with Gasteiger partial charge in [-0.25, -0.2) is 0 Å². The van der Waals surface area contributed by atoms with E-state index in [0.717, 1.165) is 62.7 Å². The van der Waals surface area contributed by atoms with E-state index in [1.54, 1.807) is 0 Å². The number of anilines is 1. The van der Waals surface area contributed by atoms with E-state index in [0.29, 0.717) is 12.0 Å². The number of hydrogen-bond donors (Lipinski definition) is 2. The molecule has 2 N–H and O–H groups in total. The van der Waals surface area contributed by atoms with Gasteiger partial charge in [-0.05, 0) is 44.0 Å². The average molecular weight is 523 g/mol. The molecule has 2 atom stereocenters. The van der Waals surface area contributed by atoms with Crippen LogP contribution in [-0.2, 0) is 4.74 Å². The SMILES string of the molecule is CCNC(=NCC1CCOC1)NC1CCN(c2ccc(Br)cc2)C1.I. The topological polar surface area (TPSA) is 48.9 Å². The van der Waals surface area contributed by atoms with Crippen molar-refractivity contribution in [1.82, 2.24) is 10.6 Å². The second kappa shape index (κ2) is 10.6. The van der Waals surface area contributed by atoms with Crippen molar-refractivity contribution >= 4 is 51.6 Å². The van der Waals surface area contributed by atoms with Crippen molar-refractivity contribution in [3.05, 3.63) is 28.7 Å². The summed E-state index contributed by atoms with van der Waals surface area (Å²) in [6.07, 6.45) is 2.26. The molecule has 2 unspecified atom stereocenters. The van der Waals surface area contributed by atoms with Crippen molar-refractivity contribution in [2.24, 2.45) is 10.9 Å². The Morgan fingerprint density at radius 1 is 1.32 bits per heavy atom. The summed E-state index contributed by atoms with van der Waals surface area (Å²) >= 11 is 3.50. The first-order valence-electron chi connectivity index (χ1n) is 8.87. The van der Waals surface area contributed by atoms with Crippen molar-refractivity contribution in [2.45, 2.75) is 25.8 Å². The smallest absolute Gasteiger partial charge is 0.191 e. The monoisotopic (exact) mass is 522 g/mol. The Balaban J connectivity index is 0.00000225. The van der Waals surface area contributed by atoms with E-state index in [4.69, 9.17) is 9.73 Å². The van der Waals surface area contributed by atoms with Crippen molar-refractivity contribution in [1.29, 1.82) is 0 Å². The summed E-state index contributed by atoms with van der Waals surface area (Å²) in [6.45, 7) is 7.67. The fraction of sp³-hybridized carbons (Fsp3) is 0.611. The summed E-state index contributed by atoms with van der Waals surface area (Å²) in [7, 11) is 0. The van der Waals surface area contributed by atoms with E-state index in [1.165, 1.54) is 5.69 Å². The van der Waals surface area contributed by atoms with Gasteiger partial charge in [-0.15, -0.1) is 24.0 Å². The number of halogens is 2. The van der Waals surface area contributed by atoms with Crippen molar-refractivity contribution in [3.8, 4) is 0 Å². The summed E-state index contributed by atoms with van der Waals surface area (Å²) in [4.78, 5) is 7.19. The lowest BCUT2D eigenvalue weighted by atomic mass is 10.1. The zero-order chi connectivity index (χ0) is 16.8. The van der Waals surface area contributed by atoms with Crippen LogP contribution in [0.15, 0.2) is 33.7 Å². The summed E-state index contributed by atoms with van der Waals surface area (Å²) < 4.78 is 6.56. The normalized spacial score (nSPS) is 23.4. The molecule has 7 heteroatoms. The molecule has 5 nitrogen and oxygen atoms in total. The van der Waals surface area contributed by atoms with Crippen molar-refractivity contribution < 1.29 is 4.74 Å². The first-order chi connectivity index (χ1) is 11.7. The molecule has 0 radical (unpaired) electrons. The van der Waals surface area contributed by atoms with Gasteiger partial charge in [0.15, 0.2) is 5.96 Å². The van der Waals surface area contributed by atoms with Crippen LogP contribution in [0.3, 0.4) is 0 Å². The molecule has 2 heterocycles. The van der Waals surface area contributed by atoms with Gasteiger partial charge < -0.3 is 20.3 Å². The first-order valence-corrected chi connectivity index (χ1v) is 9.67. The maximum atomic E-state index is 5.43. The van der Waals surface area contributed by atoms with E-state index in [9.17, 15) is 0 Å². The van der Waals surface area contributed by atoms with Crippen LogP contribution in [0.4, 0.5) is 5.69 Å². The Labute approximate surface area is 176 Å². The predicted molar refractivity (Wildman–Crippen MR) is 118 cm³/mol. The molecular weight excluding hydrogens is 495 g/mol. The lowest BCUT2D eigenvalue weighted by Gasteiger charge is -2.20. The molecule has 2 fully saturated rings. The number of guanidine groups is 1. The fourth-order valence-electron chi connectivity index (χ4n) is 3.23. The third-order valence-corrected chi connectivity index (χ3v) is 5.13. The molecule has 3 rings (SSSR count). The summed E-state index contributed by atoms with van der Waals surface area (Å²) in [5, 5.41) is 6.97. The van der Waals surface area contributed by atoms with Crippen LogP contribution >= 0.6 is 39.9 Å². The highest BCUT2D eigenvalue weighted by Gasteiger charge is 2.23. The van der Waals surface area contributed by atoms with Gasteiger partial charge in [0.1, 0.15) is 0 Å². The van der Waals surface area contributed by atoms with E-state index < -0.39 is 0 Å². The Kier molecular flexibility index (Phi) is 8.78. The molecule has 1 aromatic rings. The lowest BCUT2D eigenvalue weighted by molar-refractivity contribution is 0.187. The van der Waals surface area contributed by atoms with Crippen LogP contribution in [0.1, 0.15) is 19.8 Å². The maximum Gasteiger partial charge on any atom is 0.191 e. The third-order valence-electron chi connectivity index (χ3n) is 4.60. The van der Waals surface area contributed by atoms with Gasteiger partial charge in [0.25, 0.3) is 0 Å². The molecule has 2 saturated heterocycles. The summed E-state index contributed by atoms with van der Waals surface area (Å²) in [5.41, 5.74) is 1.28. The average Bonchev–Trinajstić information content (AvgIpc) is 3.25. The Bertz CT molecular complexity index is 549. The second-order valence-electron chi connectivity index (χ2n) is 6.50. The minimum absolute atomic E-state index is 0. The molecule has 0 aromatic heterocycles. The minimum Gasteiger partial charge on any atom is -0.381 e. The molecule has 0 saturated carbocycles. The van der Waals surface area contributed by atoms with Crippen LogP contribution in [0, 0.1) is 5.92 Å². The molecule has 2 aliphatic rings. The highest BCUT2D eigenvalue weighted by Crippen LogP contribution is 2.22. The molecule has 2 aliphatic heterocycles. The van der Waals surface area contributed by atoms with Gasteiger partial charge in [0.05, 0.1) is 6.61 Å². The molecule has 0 aliphatic carbocycles. The number of hydrogen-bond acceptors (Lipinski definition) is 3. The largest absolute Gasteiger partial charge is 0.381 e. The number of ether oxygens (including phenoxy) is 1. The number of nitrogens with zero attached hydrogens (tertiary/aromatic N) is 2. The standard InChI is InChI=1S/C18H27BrN4O.HI/c1-2-20-18(21-11-14-8-10-24-13-14)22-16-7-9-23(12-16)17-5-3-15(19)4-6-17;/h3-6,14,16H,2,7-13H2,1H3,(H2,20,21,22);1H. The Hall–Kier alpha value is -0.540. The molecule has 0 bridgehead atoms. The van der Waals surface area contributed by atoms with Crippen LogP contribution < -0.4 is 15.5 Å². The molecule has 25 heavy (non-hydrogen) atoms. The lowest BCUT2D eigenvalue weighted by Crippen LogP contribution is -2.44. The fourth-order valence-corrected chi connectivity index (χ4v) is 3.49. The molecule has 1 aromatic carbocycles. The van der Waals surface area contributed by atoms with Crippen LogP contribution in [0.25, 0.3) is 0 Å². The number of nitrogens with one attached hydrogen (secondary N) is 2. The quantitative estimate of drug-likeness (QED) is 0.354. The zero-order valence-electron chi connectivity index (χ0n) is 14.7. The van der Waals surface area contributed by atoms with Crippen LogP contribution in [0.5, 0.6) is 0 Å². The summed E-state index contributed by atoms with van der Waals surface area (Å²) in [5.74, 6) is 1.51. The maximum absolute atomic E-state index is 5.43. The van der Waals surface area contributed by atoms with Gasteiger partial charge in [0, 0.05) is 54.9 Å². The van der Waals surface area contributed by atoms with Gasteiger partial charge in [-0.1, -0.05) is 15.9 Å². The first kappa shape index (κ1) is 20.8. The number of benzene rings is 1. The van der Waals surface area contributed by atoms with E-state index in [-0.39, 0.29) is 24.0 Å². The number of aliphatic imine (C=N–C) groups is 1.